The Hall–Kier alpha value is -1.83. The zero-order valence-electron chi connectivity index (χ0n) is 15.7. The second kappa shape index (κ2) is 9.03. The van der Waals surface area contributed by atoms with Gasteiger partial charge in [-0.3, -0.25) is 4.98 Å². The number of hydrogen-bond donors (Lipinski definition) is 0. The quantitative estimate of drug-likeness (QED) is 0.592. The first-order valence-corrected chi connectivity index (χ1v) is 9.96. The Morgan fingerprint density at radius 1 is 0.920 bits per heavy atom. The van der Waals surface area contributed by atoms with Crippen LogP contribution in [-0.4, -0.2) is 11.6 Å². The zero-order valence-corrected chi connectivity index (χ0v) is 15.7. The van der Waals surface area contributed by atoms with E-state index in [4.69, 9.17) is 4.74 Å². The van der Waals surface area contributed by atoms with Gasteiger partial charge in [-0.05, 0) is 67.5 Å². The van der Waals surface area contributed by atoms with Crippen LogP contribution in [0.3, 0.4) is 0 Å². The van der Waals surface area contributed by atoms with Crippen LogP contribution in [0.2, 0.25) is 0 Å². The summed E-state index contributed by atoms with van der Waals surface area (Å²) in [5, 5.41) is 0. The third kappa shape index (κ3) is 5.07. The molecule has 2 aromatic rings. The van der Waals surface area contributed by atoms with Gasteiger partial charge in [-0.25, -0.2) is 0 Å². The van der Waals surface area contributed by atoms with Crippen molar-refractivity contribution in [1.29, 1.82) is 0 Å². The monoisotopic (exact) mass is 337 g/mol. The largest absolute Gasteiger partial charge is 0.494 e. The molecule has 2 nitrogen and oxygen atoms in total. The Kier molecular flexibility index (Phi) is 6.49. The molecule has 2 heteroatoms. The van der Waals surface area contributed by atoms with Crippen molar-refractivity contribution in [3.63, 3.8) is 0 Å². The first-order valence-electron chi connectivity index (χ1n) is 9.96. The van der Waals surface area contributed by atoms with Crippen molar-refractivity contribution in [2.75, 3.05) is 6.61 Å². The Bertz CT molecular complexity index is 624. The number of nitrogens with zero attached hydrogens (tertiary/aromatic N) is 1. The van der Waals surface area contributed by atoms with Gasteiger partial charge in [0.2, 0.25) is 0 Å². The van der Waals surface area contributed by atoms with Gasteiger partial charge in [-0.1, -0.05) is 45.1 Å². The zero-order chi connectivity index (χ0) is 17.5. The predicted octanol–water partition coefficient (Wildman–Crippen LogP) is 6.30. The summed E-state index contributed by atoms with van der Waals surface area (Å²) in [4.78, 5) is 4.67. The van der Waals surface area contributed by atoms with E-state index in [0.29, 0.717) is 6.61 Å². The maximum atomic E-state index is 5.50. The predicted molar refractivity (Wildman–Crippen MR) is 105 cm³/mol. The van der Waals surface area contributed by atoms with Gasteiger partial charge >= 0.3 is 0 Å². The molecular formula is C23H31NO. The smallest absolute Gasteiger partial charge is 0.119 e. The average molecular weight is 338 g/mol. The molecule has 0 atom stereocenters. The summed E-state index contributed by atoms with van der Waals surface area (Å²) in [6, 6.07) is 12.6. The normalized spacial score (nSPS) is 20.4. The lowest BCUT2D eigenvalue weighted by molar-refractivity contribution is 0.259. The average Bonchev–Trinajstić information content (AvgIpc) is 2.68. The minimum atomic E-state index is 0.701. The molecule has 0 amide bonds. The molecule has 0 N–H and O–H groups in total. The number of pyridine rings is 1. The number of aromatic nitrogens is 1. The molecule has 0 saturated heterocycles. The van der Waals surface area contributed by atoms with Crippen molar-refractivity contribution >= 4 is 0 Å². The van der Waals surface area contributed by atoms with Crippen LogP contribution in [0.4, 0.5) is 0 Å². The second-order valence-corrected chi connectivity index (χ2v) is 7.34. The molecule has 0 unspecified atom stereocenters. The molecule has 134 valence electrons. The minimum absolute atomic E-state index is 0.701. The maximum absolute atomic E-state index is 5.50. The third-order valence-electron chi connectivity index (χ3n) is 5.67. The van der Waals surface area contributed by atoms with E-state index >= 15 is 0 Å². The van der Waals surface area contributed by atoms with Gasteiger partial charge in [0.1, 0.15) is 5.75 Å². The molecule has 1 aromatic heterocycles. The molecule has 0 spiro atoms. The van der Waals surface area contributed by atoms with E-state index in [2.05, 4.69) is 42.4 Å². The molecule has 1 aliphatic carbocycles. The number of rotatable bonds is 7. The SMILES string of the molecule is CCOc1ccc(-c2ccc(CC[C@H]3CC[C@H](CC)CC3)cn2)cc1. The van der Waals surface area contributed by atoms with E-state index in [0.717, 1.165) is 35.3 Å². The van der Waals surface area contributed by atoms with Crippen molar-refractivity contribution in [3.05, 3.63) is 48.2 Å². The molecule has 25 heavy (non-hydrogen) atoms. The number of aryl methyl sites for hydroxylation is 1. The van der Waals surface area contributed by atoms with Gasteiger partial charge in [0.15, 0.2) is 0 Å². The van der Waals surface area contributed by atoms with E-state index in [1.54, 1.807) is 0 Å². The van der Waals surface area contributed by atoms with Crippen molar-refractivity contribution in [3.8, 4) is 17.0 Å². The van der Waals surface area contributed by atoms with Crippen LogP contribution < -0.4 is 4.74 Å². The van der Waals surface area contributed by atoms with Gasteiger partial charge < -0.3 is 4.74 Å². The highest BCUT2D eigenvalue weighted by atomic mass is 16.5. The molecule has 1 aromatic carbocycles. The summed E-state index contributed by atoms with van der Waals surface area (Å²) in [6.45, 7) is 5.04. The minimum Gasteiger partial charge on any atom is -0.494 e. The lowest BCUT2D eigenvalue weighted by Gasteiger charge is -2.27. The lowest BCUT2D eigenvalue weighted by Crippen LogP contribution is -2.14. The van der Waals surface area contributed by atoms with E-state index < -0.39 is 0 Å². The van der Waals surface area contributed by atoms with Crippen LogP contribution >= 0.6 is 0 Å². The van der Waals surface area contributed by atoms with Gasteiger partial charge in [-0.15, -0.1) is 0 Å². The second-order valence-electron chi connectivity index (χ2n) is 7.34. The van der Waals surface area contributed by atoms with Crippen molar-refractivity contribution in [1.82, 2.24) is 4.98 Å². The summed E-state index contributed by atoms with van der Waals surface area (Å²) in [7, 11) is 0. The van der Waals surface area contributed by atoms with Crippen LogP contribution in [0.1, 0.15) is 57.9 Å². The Morgan fingerprint density at radius 3 is 2.24 bits per heavy atom. The fraction of sp³-hybridized carbons (Fsp3) is 0.522. The molecule has 1 saturated carbocycles. The Labute approximate surface area is 152 Å². The van der Waals surface area contributed by atoms with Crippen molar-refractivity contribution in [2.45, 2.75) is 58.8 Å². The summed E-state index contributed by atoms with van der Waals surface area (Å²) in [6.07, 6.45) is 11.6. The van der Waals surface area contributed by atoms with E-state index in [1.165, 1.54) is 44.1 Å². The van der Waals surface area contributed by atoms with Crippen molar-refractivity contribution < 1.29 is 4.74 Å². The van der Waals surface area contributed by atoms with Crippen LogP contribution in [0.25, 0.3) is 11.3 Å². The molecule has 0 bridgehead atoms. The first-order chi connectivity index (χ1) is 12.3. The standard InChI is InChI=1S/C23H31NO/c1-3-18-5-7-19(8-6-18)9-10-20-11-16-23(24-17-20)21-12-14-22(15-13-21)25-4-2/h11-19H,3-10H2,1-2H3/t18-,19-. The highest BCUT2D eigenvalue weighted by Gasteiger charge is 2.19. The summed E-state index contributed by atoms with van der Waals surface area (Å²) in [5.74, 6) is 2.83. The lowest BCUT2D eigenvalue weighted by atomic mass is 9.79. The van der Waals surface area contributed by atoms with Crippen LogP contribution in [-0.2, 0) is 6.42 Å². The first kappa shape index (κ1) is 18.0. The summed E-state index contributed by atoms with van der Waals surface area (Å²) < 4.78 is 5.50. The highest BCUT2D eigenvalue weighted by molar-refractivity contribution is 5.60. The van der Waals surface area contributed by atoms with Crippen molar-refractivity contribution in [2.24, 2.45) is 11.8 Å². The third-order valence-corrected chi connectivity index (χ3v) is 5.67. The summed E-state index contributed by atoms with van der Waals surface area (Å²) >= 11 is 0. The number of hydrogen-bond acceptors (Lipinski definition) is 2. The van der Waals surface area contributed by atoms with Gasteiger partial charge in [0.25, 0.3) is 0 Å². The fourth-order valence-corrected chi connectivity index (χ4v) is 3.93. The van der Waals surface area contributed by atoms with Gasteiger partial charge in [0.05, 0.1) is 12.3 Å². The highest BCUT2D eigenvalue weighted by Crippen LogP contribution is 2.33. The molecule has 0 aliphatic heterocycles. The Balaban J connectivity index is 1.52. The van der Waals surface area contributed by atoms with Crippen LogP contribution in [0.5, 0.6) is 5.75 Å². The fourth-order valence-electron chi connectivity index (χ4n) is 3.93. The number of ether oxygens (including phenoxy) is 1. The van der Waals surface area contributed by atoms with Gasteiger partial charge in [0, 0.05) is 11.8 Å². The summed E-state index contributed by atoms with van der Waals surface area (Å²) in [5.41, 5.74) is 3.55. The Morgan fingerprint density at radius 2 is 1.64 bits per heavy atom. The molecule has 0 radical (unpaired) electrons. The molecular weight excluding hydrogens is 306 g/mol. The van der Waals surface area contributed by atoms with E-state index in [-0.39, 0.29) is 0 Å². The molecule has 1 heterocycles. The molecule has 1 fully saturated rings. The topological polar surface area (TPSA) is 22.1 Å². The number of benzene rings is 1. The molecule has 3 rings (SSSR count). The van der Waals surface area contributed by atoms with Crippen LogP contribution in [0, 0.1) is 11.8 Å². The van der Waals surface area contributed by atoms with Crippen LogP contribution in [0.15, 0.2) is 42.6 Å². The van der Waals surface area contributed by atoms with E-state index in [9.17, 15) is 0 Å². The maximum Gasteiger partial charge on any atom is 0.119 e. The molecule has 1 aliphatic rings. The van der Waals surface area contributed by atoms with Gasteiger partial charge in [-0.2, -0.15) is 0 Å². The van der Waals surface area contributed by atoms with E-state index in [1.807, 2.05) is 19.1 Å².